The summed E-state index contributed by atoms with van der Waals surface area (Å²) in [6, 6.07) is 8.35. The highest BCUT2D eigenvalue weighted by Gasteiger charge is 2.18. The first kappa shape index (κ1) is 11.3. The Bertz CT molecular complexity index is 299. The van der Waals surface area contributed by atoms with Gasteiger partial charge in [0.25, 0.3) is 0 Å². The first-order valence-corrected chi connectivity index (χ1v) is 8.59. The second-order valence-electron chi connectivity index (χ2n) is 4.91. The summed E-state index contributed by atoms with van der Waals surface area (Å²) in [7, 11) is -1.48. The van der Waals surface area contributed by atoms with Gasteiger partial charge in [-0.3, -0.25) is 0 Å². The van der Waals surface area contributed by atoms with Gasteiger partial charge in [-0.05, 0) is 37.2 Å². The highest BCUT2D eigenvalue weighted by molar-refractivity contribution is 6.70. The third-order valence-corrected chi connectivity index (χ3v) is 2.79. The zero-order chi connectivity index (χ0) is 10.8. The van der Waals surface area contributed by atoms with E-state index in [0.29, 0.717) is 5.92 Å². The highest BCUT2D eigenvalue weighted by atomic mass is 28.4. The van der Waals surface area contributed by atoms with Crippen molar-refractivity contribution in [2.75, 3.05) is 0 Å². The van der Waals surface area contributed by atoms with Crippen LogP contribution in [0.15, 0.2) is 24.3 Å². The van der Waals surface area contributed by atoms with Crippen molar-refractivity contribution in [2.45, 2.75) is 39.4 Å². The molecule has 78 valence electrons. The molecule has 1 aromatic carbocycles. The molecule has 0 N–H and O–H groups in total. The molecule has 0 saturated carbocycles. The number of benzene rings is 1. The number of para-hydroxylation sites is 1. The van der Waals surface area contributed by atoms with Gasteiger partial charge in [0.05, 0.1) is 0 Å². The molecule has 0 aliphatic heterocycles. The van der Waals surface area contributed by atoms with E-state index in [1.165, 1.54) is 5.56 Å². The number of hydrogen-bond acceptors (Lipinski definition) is 1. The lowest BCUT2D eigenvalue weighted by Gasteiger charge is -2.22. The lowest BCUT2D eigenvalue weighted by atomic mass is 10.0. The van der Waals surface area contributed by atoms with Crippen molar-refractivity contribution in [2.24, 2.45) is 0 Å². The van der Waals surface area contributed by atoms with Crippen molar-refractivity contribution in [1.82, 2.24) is 0 Å². The lowest BCUT2D eigenvalue weighted by Crippen LogP contribution is -2.29. The van der Waals surface area contributed by atoms with Crippen LogP contribution in [-0.4, -0.2) is 8.32 Å². The van der Waals surface area contributed by atoms with Crippen molar-refractivity contribution in [1.29, 1.82) is 0 Å². The van der Waals surface area contributed by atoms with Crippen LogP contribution in [0, 0.1) is 0 Å². The number of hydrogen-bond donors (Lipinski definition) is 0. The van der Waals surface area contributed by atoms with Crippen LogP contribution in [0.4, 0.5) is 0 Å². The minimum absolute atomic E-state index is 0.530. The zero-order valence-electron chi connectivity index (χ0n) is 9.79. The van der Waals surface area contributed by atoms with Crippen LogP contribution in [0.1, 0.15) is 25.3 Å². The van der Waals surface area contributed by atoms with Crippen molar-refractivity contribution in [3.05, 3.63) is 29.8 Å². The summed E-state index contributed by atoms with van der Waals surface area (Å²) in [6.07, 6.45) is 0. The molecular formula is C12H20OSi. The van der Waals surface area contributed by atoms with Crippen LogP contribution < -0.4 is 4.43 Å². The van der Waals surface area contributed by atoms with Crippen molar-refractivity contribution in [3.63, 3.8) is 0 Å². The molecule has 0 aliphatic rings. The van der Waals surface area contributed by atoms with Crippen LogP contribution in [0.2, 0.25) is 19.6 Å². The fraction of sp³-hybridized carbons (Fsp3) is 0.500. The first-order chi connectivity index (χ1) is 6.40. The SMILES string of the molecule is CC(C)c1ccccc1O[Si](C)(C)C. The van der Waals surface area contributed by atoms with Crippen LogP contribution >= 0.6 is 0 Å². The second-order valence-corrected chi connectivity index (χ2v) is 9.34. The molecular weight excluding hydrogens is 188 g/mol. The van der Waals surface area contributed by atoms with Crippen molar-refractivity contribution in [3.8, 4) is 5.75 Å². The van der Waals surface area contributed by atoms with Gasteiger partial charge >= 0.3 is 0 Å². The molecule has 1 rings (SSSR count). The van der Waals surface area contributed by atoms with Crippen LogP contribution in [0.5, 0.6) is 5.75 Å². The molecule has 0 heterocycles. The topological polar surface area (TPSA) is 9.23 Å². The van der Waals surface area contributed by atoms with E-state index in [2.05, 4.69) is 51.7 Å². The van der Waals surface area contributed by atoms with Gasteiger partial charge < -0.3 is 4.43 Å². The molecule has 0 fully saturated rings. The Labute approximate surface area is 88.2 Å². The molecule has 2 heteroatoms. The monoisotopic (exact) mass is 208 g/mol. The van der Waals surface area contributed by atoms with E-state index in [1.807, 2.05) is 6.07 Å². The van der Waals surface area contributed by atoms with Crippen LogP contribution in [0.3, 0.4) is 0 Å². The van der Waals surface area contributed by atoms with E-state index in [1.54, 1.807) is 0 Å². The molecule has 14 heavy (non-hydrogen) atoms. The average Bonchev–Trinajstić information content (AvgIpc) is 2.01. The molecule has 0 aliphatic carbocycles. The van der Waals surface area contributed by atoms with Gasteiger partial charge in [-0.1, -0.05) is 32.0 Å². The molecule has 0 aromatic heterocycles. The van der Waals surface area contributed by atoms with Gasteiger partial charge in [-0.25, -0.2) is 0 Å². The van der Waals surface area contributed by atoms with Crippen molar-refractivity contribution >= 4 is 8.32 Å². The van der Waals surface area contributed by atoms with Gasteiger partial charge in [-0.15, -0.1) is 0 Å². The number of rotatable bonds is 3. The Morgan fingerprint density at radius 3 is 2.14 bits per heavy atom. The summed E-state index contributed by atoms with van der Waals surface area (Å²) < 4.78 is 6.03. The lowest BCUT2D eigenvalue weighted by molar-refractivity contribution is 0.544. The summed E-state index contributed by atoms with van der Waals surface area (Å²) in [5.41, 5.74) is 1.31. The van der Waals surface area contributed by atoms with E-state index in [9.17, 15) is 0 Å². The average molecular weight is 208 g/mol. The molecule has 1 aromatic rings. The van der Waals surface area contributed by atoms with Crippen LogP contribution in [-0.2, 0) is 0 Å². The molecule has 0 radical (unpaired) electrons. The molecule has 1 nitrogen and oxygen atoms in total. The smallest absolute Gasteiger partial charge is 0.242 e. The molecule has 0 bridgehead atoms. The van der Waals surface area contributed by atoms with E-state index in [4.69, 9.17) is 4.43 Å². The predicted octanol–water partition coefficient (Wildman–Crippen LogP) is 4.02. The molecule has 0 spiro atoms. The predicted molar refractivity (Wildman–Crippen MR) is 64.5 cm³/mol. The van der Waals surface area contributed by atoms with E-state index >= 15 is 0 Å². The van der Waals surface area contributed by atoms with Crippen LogP contribution in [0.25, 0.3) is 0 Å². The maximum atomic E-state index is 6.03. The summed E-state index contributed by atoms with van der Waals surface area (Å²) in [6.45, 7) is 11.0. The Morgan fingerprint density at radius 2 is 1.64 bits per heavy atom. The Morgan fingerprint density at radius 1 is 1.07 bits per heavy atom. The standard InChI is InChI=1S/C12H20OSi/c1-10(2)11-8-6-7-9-12(11)13-14(3,4)5/h6-10H,1-5H3. The van der Waals surface area contributed by atoms with Gasteiger partial charge in [0.2, 0.25) is 8.32 Å². The third kappa shape index (κ3) is 3.18. The Balaban J connectivity index is 2.96. The van der Waals surface area contributed by atoms with Crippen molar-refractivity contribution < 1.29 is 4.43 Å². The summed E-state index contributed by atoms with van der Waals surface area (Å²) in [4.78, 5) is 0. The Kier molecular flexibility index (Phi) is 3.37. The summed E-state index contributed by atoms with van der Waals surface area (Å²) in [5, 5.41) is 0. The van der Waals surface area contributed by atoms with E-state index in [0.717, 1.165) is 5.75 Å². The molecule has 0 unspecified atom stereocenters. The zero-order valence-corrected chi connectivity index (χ0v) is 10.8. The quantitative estimate of drug-likeness (QED) is 0.682. The summed E-state index contributed by atoms with van der Waals surface area (Å²) in [5.74, 6) is 1.60. The summed E-state index contributed by atoms with van der Waals surface area (Å²) >= 11 is 0. The molecule has 0 atom stereocenters. The maximum Gasteiger partial charge on any atom is 0.242 e. The maximum absolute atomic E-state index is 6.03. The normalized spacial score (nSPS) is 11.9. The van der Waals surface area contributed by atoms with Gasteiger partial charge in [0.15, 0.2) is 0 Å². The minimum Gasteiger partial charge on any atom is -0.544 e. The first-order valence-electron chi connectivity index (χ1n) is 5.18. The highest BCUT2D eigenvalue weighted by Crippen LogP contribution is 2.27. The third-order valence-electron chi connectivity index (χ3n) is 1.96. The largest absolute Gasteiger partial charge is 0.544 e. The Hall–Kier alpha value is -0.763. The van der Waals surface area contributed by atoms with Gasteiger partial charge in [0, 0.05) is 0 Å². The van der Waals surface area contributed by atoms with E-state index in [-0.39, 0.29) is 0 Å². The molecule has 0 amide bonds. The fourth-order valence-electron chi connectivity index (χ4n) is 1.38. The van der Waals surface area contributed by atoms with E-state index < -0.39 is 8.32 Å². The van der Waals surface area contributed by atoms with Gasteiger partial charge in [-0.2, -0.15) is 0 Å². The fourth-order valence-corrected chi connectivity index (χ4v) is 2.23. The molecule has 0 saturated heterocycles. The van der Waals surface area contributed by atoms with Gasteiger partial charge in [0.1, 0.15) is 5.75 Å². The second kappa shape index (κ2) is 4.18. The minimum atomic E-state index is -1.48.